The molecule has 1 fully saturated rings. The maximum atomic E-state index is 14.9. The van der Waals surface area contributed by atoms with Crippen molar-refractivity contribution in [2.24, 2.45) is 5.92 Å². The van der Waals surface area contributed by atoms with Crippen LogP contribution in [0.1, 0.15) is 58.6 Å². The van der Waals surface area contributed by atoms with E-state index in [1.54, 1.807) is 32.0 Å². The van der Waals surface area contributed by atoms with Crippen molar-refractivity contribution in [2.75, 3.05) is 0 Å². The van der Waals surface area contributed by atoms with Crippen LogP contribution in [0.5, 0.6) is 0 Å². The van der Waals surface area contributed by atoms with Crippen molar-refractivity contribution >= 4 is 16.7 Å². The summed E-state index contributed by atoms with van der Waals surface area (Å²) in [6.45, 7) is 3.40. The third kappa shape index (κ3) is 4.22. The molecule has 2 heterocycles. The summed E-state index contributed by atoms with van der Waals surface area (Å²) in [6.07, 6.45) is 2.88. The van der Waals surface area contributed by atoms with E-state index in [0.29, 0.717) is 22.9 Å². The highest BCUT2D eigenvalue weighted by Gasteiger charge is 2.32. The number of aromatic amines is 1. The molecule has 2 aromatic heterocycles. The number of nitrogens with one attached hydrogen (secondary N) is 2. The fourth-order valence-corrected chi connectivity index (χ4v) is 4.82. The van der Waals surface area contributed by atoms with Crippen LogP contribution in [-0.4, -0.2) is 25.7 Å². The molecule has 0 bridgehead atoms. The van der Waals surface area contributed by atoms with Gasteiger partial charge in [0, 0.05) is 11.1 Å². The van der Waals surface area contributed by atoms with Gasteiger partial charge in [-0.05, 0) is 56.4 Å². The number of aryl methyl sites for hydroxylation is 1. The molecule has 1 saturated carbocycles. The van der Waals surface area contributed by atoms with Crippen molar-refractivity contribution in [1.82, 2.24) is 25.1 Å². The molecule has 7 nitrogen and oxygen atoms in total. The van der Waals surface area contributed by atoms with Gasteiger partial charge in [-0.25, -0.2) is 8.78 Å². The first kappa shape index (κ1) is 22.9. The highest BCUT2D eigenvalue weighted by Crippen LogP contribution is 2.38. The number of pyridine rings is 1. The number of hydrogen-bond acceptors (Lipinski definition) is 4. The number of amides is 1. The molecule has 0 unspecified atom stereocenters. The van der Waals surface area contributed by atoms with Crippen LogP contribution in [-0.2, 0) is 6.54 Å². The number of nitrogens with zero attached hydrogens (tertiary/aromatic N) is 3. The molecule has 9 heteroatoms. The minimum absolute atomic E-state index is 0.00596. The van der Waals surface area contributed by atoms with E-state index < -0.39 is 23.3 Å². The average Bonchev–Trinajstić information content (AvgIpc) is 3.19. The lowest BCUT2D eigenvalue weighted by molar-refractivity contribution is 0.0900. The van der Waals surface area contributed by atoms with Crippen molar-refractivity contribution in [3.05, 3.63) is 92.9 Å². The van der Waals surface area contributed by atoms with E-state index in [1.807, 2.05) is 0 Å². The van der Waals surface area contributed by atoms with E-state index in [0.717, 1.165) is 19.3 Å². The first-order chi connectivity index (χ1) is 16.8. The van der Waals surface area contributed by atoms with Gasteiger partial charge in [0.25, 0.3) is 11.5 Å². The largest absolute Gasteiger partial charge is 0.345 e. The Kier molecular flexibility index (Phi) is 5.92. The van der Waals surface area contributed by atoms with Gasteiger partial charge >= 0.3 is 0 Å². The molecule has 0 spiro atoms. The van der Waals surface area contributed by atoms with Gasteiger partial charge in [-0.3, -0.25) is 9.59 Å². The van der Waals surface area contributed by atoms with E-state index in [9.17, 15) is 18.4 Å². The van der Waals surface area contributed by atoms with Crippen molar-refractivity contribution in [1.29, 1.82) is 0 Å². The fraction of sp³-hybridized carbons (Fsp3) is 0.308. The summed E-state index contributed by atoms with van der Waals surface area (Å²) in [4.78, 5) is 30.0. The Morgan fingerprint density at radius 3 is 2.60 bits per heavy atom. The Balaban J connectivity index is 1.62. The third-order valence-electron chi connectivity index (χ3n) is 6.81. The second-order valence-corrected chi connectivity index (χ2v) is 9.07. The first-order valence-corrected chi connectivity index (χ1v) is 11.6. The molecule has 1 aliphatic rings. The van der Waals surface area contributed by atoms with Gasteiger partial charge in [-0.2, -0.15) is 0 Å². The van der Waals surface area contributed by atoms with Crippen molar-refractivity contribution in [3.63, 3.8) is 0 Å². The van der Waals surface area contributed by atoms with Crippen LogP contribution in [0, 0.1) is 31.4 Å². The summed E-state index contributed by atoms with van der Waals surface area (Å²) in [7, 11) is 0. The van der Waals surface area contributed by atoms with Crippen molar-refractivity contribution in [2.45, 2.75) is 45.7 Å². The van der Waals surface area contributed by atoms with Crippen LogP contribution >= 0.6 is 0 Å². The maximum absolute atomic E-state index is 14.9. The van der Waals surface area contributed by atoms with E-state index in [1.165, 1.54) is 28.8 Å². The number of carbonyl (C=O) groups is 1. The molecule has 1 amide bonds. The summed E-state index contributed by atoms with van der Waals surface area (Å²) >= 11 is 0. The minimum Gasteiger partial charge on any atom is -0.345 e. The number of aromatic nitrogens is 4. The third-order valence-corrected chi connectivity index (χ3v) is 6.81. The lowest BCUT2D eigenvalue weighted by atomic mass is 9.77. The Morgan fingerprint density at radius 2 is 1.94 bits per heavy atom. The second kappa shape index (κ2) is 9.05. The predicted molar refractivity (Wildman–Crippen MR) is 127 cm³/mol. The molecule has 2 aromatic carbocycles. The molecule has 4 aromatic rings. The summed E-state index contributed by atoms with van der Waals surface area (Å²) in [5, 5.41) is 11.1. The molecule has 2 N–H and O–H groups in total. The van der Waals surface area contributed by atoms with Gasteiger partial charge in [-0.1, -0.05) is 30.7 Å². The number of carbonyl (C=O) groups excluding carboxylic acids is 1. The molecule has 0 saturated heterocycles. The second-order valence-electron chi connectivity index (χ2n) is 9.07. The number of rotatable bonds is 6. The number of fused-ring (bicyclic) bond motifs is 1. The highest BCUT2D eigenvalue weighted by atomic mass is 19.1. The van der Waals surface area contributed by atoms with Gasteiger partial charge in [0.2, 0.25) is 0 Å². The Labute approximate surface area is 200 Å². The van der Waals surface area contributed by atoms with E-state index in [-0.39, 0.29) is 34.6 Å². The molecule has 0 aliphatic heterocycles. The van der Waals surface area contributed by atoms with Crippen LogP contribution in [0.15, 0.2) is 47.3 Å². The van der Waals surface area contributed by atoms with E-state index in [4.69, 9.17) is 0 Å². The van der Waals surface area contributed by atoms with Gasteiger partial charge < -0.3 is 14.9 Å². The van der Waals surface area contributed by atoms with Crippen LogP contribution < -0.4 is 10.9 Å². The van der Waals surface area contributed by atoms with Gasteiger partial charge in [-0.15, -0.1) is 10.2 Å². The number of benzene rings is 2. The van der Waals surface area contributed by atoms with Gasteiger partial charge in [0.15, 0.2) is 5.82 Å². The van der Waals surface area contributed by atoms with Crippen LogP contribution in [0.25, 0.3) is 10.8 Å². The summed E-state index contributed by atoms with van der Waals surface area (Å²) in [5.41, 5.74) is 0.714. The zero-order valence-corrected chi connectivity index (χ0v) is 19.4. The number of H-pyrrole nitrogens is 1. The monoisotopic (exact) mass is 477 g/mol. The fourth-order valence-electron chi connectivity index (χ4n) is 4.82. The van der Waals surface area contributed by atoms with Crippen LogP contribution in [0.2, 0.25) is 0 Å². The molecule has 1 atom stereocenters. The summed E-state index contributed by atoms with van der Waals surface area (Å²) < 4.78 is 30.2. The average molecular weight is 478 g/mol. The van der Waals surface area contributed by atoms with Crippen molar-refractivity contribution in [3.8, 4) is 0 Å². The van der Waals surface area contributed by atoms with Crippen LogP contribution in [0.4, 0.5) is 8.78 Å². The Morgan fingerprint density at radius 1 is 1.17 bits per heavy atom. The lowest BCUT2D eigenvalue weighted by Crippen LogP contribution is -2.38. The Hall–Kier alpha value is -3.88. The summed E-state index contributed by atoms with van der Waals surface area (Å²) in [6, 6.07) is 10.1. The maximum Gasteiger partial charge on any atom is 0.262 e. The first-order valence-electron chi connectivity index (χ1n) is 11.6. The van der Waals surface area contributed by atoms with E-state index in [2.05, 4.69) is 20.5 Å². The molecule has 0 radical (unpaired) electrons. The van der Waals surface area contributed by atoms with Crippen LogP contribution in [0.3, 0.4) is 0 Å². The molecular weight excluding hydrogens is 452 g/mol. The van der Waals surface area contributed by atoms with E-state index >= 15 is 0 Å². The molecule has 5 rings (SSSR count). The standard InChI is InChI=1S/C26H25F2N5O2/c1-14-22(25(34)30-24(16-6-3-7-16)17-8-4-9-18(27)12-17)19-10-5-11-20(28)23(19)26(35)33(14)13-21-29-15(2)31-32-21/h4-5,8-12,16,24H,3,6-7,13H2,1-2H3,(H,30,34)(H,29,31,32)/t24-/m0/s1. The molecular formula is C26H25F2N5O2. The molecule has 180 valence electrons. The molecule has 1 aliphatic carbocycles. The normalized spacial score (nSPS) is 14.6. The lowest BCUT2D eigenvalue weighted by Gasteiger charge is -2.35. The van der Waals surface area contributed by atoms with Gasteiger partial charge in [0.1, 0.15) is 17.5 Å². The zero-order chi connectivity index (χ0) is 24.7. The Bertz CT molecular complexity index is 1490. The zero-order valence-electron chi connectivity index (χ0n) is 19.4. The van der Waals surface area contributed by atoms with Gasteiger partial charge in [0.05, 0.1) is 23.5 Å². The highest BCUT2D eigenvalue weighted by molar-refractivity contribution is 6.08. The predicted octanol–water partition coefficient (Wildman–Crippen LogP) is 4.33. The minimum atomic E-state index is -0.704. The topological polar surface area (TPSA) is 92.7 Å². The quantitative estimate of drug-likeness (QED) is 0.432. The van der Waals surface area contributed by atoms with Crippen molar-refractivity contribution < 1.29 is 13.6 Å². The number of hydrogen-bond donors (Lipinski definition) is 2. The summed E-state index contributed by atoms with van der Waals surface area (Å²) in [5.74, 6) is -0.352. The smallest absolute Gasteiger partial charge is 0.262 e. The molecule has 35 heavy (non-hydrogen) atoms. The SMILES string of the molecule is Cc1nnc(Cn2c(C)c(C(=O)N[C@H](c3cccc(F)c3)C3CCC3)c3cccc(F)c3c2=O)[nH]1. The number of halogens is 2.